The van der Waals surface area contributed by atoms with Crippen molar-refractivity contribution in [2.75, 3.05) is 6.54 Å². The quantitative estimate of drug-likeness (QED) is 0.777. The predicted octanol–water partition coefficient (Wildman–Crippen LogP) is 2.57. The third kappa shape index (κ3) is 4.92. The number of aryl methyl sites for hydroxylation is 1. The Morgan fingerprint density at radius 1 is 1.09 bits per heavy atom. The summed E-state index contributed by atoms with van der Waals surface area (Å²) in [6, 6.07) is 11.2. The van der Waals surface area contributed by atoms with Gasteiger partial charge in [-0.05, 0) is 50.1 Å². The van der Waals surface area contributed by atoms with Gasteiger partial charge in [-0.1, -0.05) is 17.7 Å². The summed E-state index contributed by atoms with van der Waals surface area (Å²) < 4.78 is 28.4. The lowest BCUT2D eigenvalue weighted by Crippen LogP contribution is -2.26. The van der Waals surface area contributed by atoms with E-state index in [4.69, 9.17) is 11.6 Å². The average Bonchev–Trinajstić information content (AvgIpc) is 2.50. The van der Waals surface area contributed by atoms with Crippen LogP contribution in [0.1, 0.15) is 18.5 Å². The van der Waals surface area contributed by atoms with Crippen LogP contribution in [0.25, 0.3) is 0 Å². The summed E-state index contributed by atoms with van der Waals surface area (Å²) in [5.74, 6) is 0. The second-order valence-electron chi connectivity index (χ2n) is 5.22. The lowest BCUT2D eigenvalue weighted by Gasteiger charge is -2.10. The van der Waals surface area contributed by atoms with E-state index in [1.807, 2.05) is 13.0 Å². The van der Waals surface area contributed by atoms with Gasteiger partial charge in [0.15, 0.2) is 0 Å². The number of aromatic nitrogens is 1. The van der Waals surface area contributed by atoms with Crippen LogP contribution < -0.4 is 10.3 Å². The fourth-order valence-electron chi connectivity index (χ4n) is 2.21. The monoisotopic (exact) mass is 354 g/mol. The molecule has 5 nitrogen and oxygen atoms in total. The van der Waals surface area contributed by atoms with E-state index < -0.39 is 10.0 Å². The van der Waals surface area contributed by atoms with Crippen molar-refractivity contribution >= 4 is 21.6 Å². The zero-order chi connectivity index (χ0) is 16.9. The first-order valence-corrected chi connectivity index (χ1v) is 9.18. The lowest BCUT2D eigenvalue weighted by molar-refractivity contribution is 0.557. The second kappa shape index (κ2) is 7.77. The molecule has 0 fully saturated rings. The highest BCUT2D eigenvalue weighted by molar-refractivity contribution is 7.89. The van der Waals surface area contributed by atoms with Gasteiger partial charge in [0, 0.05) is 29.9 Å². The van der Waals surface area contributed by atoms with E-state index in [9.17, 15) is 13.2 Å². The third-order valence-corrected chi connectivity index (χ3v) is 5.22. The highest BCUT2D eigenvalue weighted by atomic mass is 35.5. The normalized spacial score (nSPS) is 11.6. The van der Waals surface area contributed by atoms with E-state index in [0.29, 0.717) is 31.0 Å². The Kier molecular flexibility index (Phi) is 5.98. The van der Waals surface area contributed by atoms with E-state index in [2.05, 4.69) is 4.72 Å². The van der Waals surface area contributed by atoms with Crippen molar-refractivity contribution in [3.8, 4) is 0 Å². The summed E-state index contributed by atoms with van der Waals surface area (Å²) in [6.45, 7) is 2.78. The van der Waals surface area contributed by atoms with Gasteiger partial charge in [0.05, 0.1) is 4.90 Å². The number of pyridine rings is 1. The van der Waals surface area contributed by atoms with Gasteiger partial charge < -0.3 is 4.57 Å². The van der Waals surface area contributed by atoms with Gasteiger partial charge in [-0.15, -0.1) is 0 Å². The summed E-state index contributed by atoms with van der Waals surface area (Å²) in [4.78, 5) is 11.9. The van der Waals surface area contributed by atoms with Gasteiger partial charge in [0.25, 0.3) is 5.56 Å². The first-order chi connectivity index (χ1) is 10.9. The third-order valence-electron chi connectivity index (χ3n) is 3.49. The maximum absolute atomic E-state index is 12.1. The minimum Gasteiger partial charge on any atom is -0.313 e. The van der Waals surface area contributed by atoms with Crippen LogP contribution in [0, 0.1) is 6.92 Å². The molecule has 0 saturated carbocycles. The van der Waals surface area contributed by atoms with E-state index >= 15 is 0 Å². The van der Waals surface area contributed by atoms with Crippen molar-refractivity contribution in [2.24, 2.45) is 0 Å². The van der Waals surface area contributed by atoms with Gasteiger partial charge in [0.2, 0.25) is 10.0 Å². The number of hydrogen-bond donors (Lipinski definition) is 1. The standard InChI is InChI=1S/C16H19ClN2O3S/c1-13-5-4-6-16(20)19(13)12-3-2-11-18-23(21,22)15-9-7-14(17)8-10-15/h4-10,18H,2-3,11-12H2,1H3. The van der Waals surface area contributed by atoms with E-state index in [1.165, 1.54) is 18.2 Å². The second-order valence-corrected chi connectivity index (χ2v) is 7.42. The number of hydrogen-bond acceptors (Lipinski definition) is 3. The summed E-state index contributed by atoms with van der Waals surface area (Å²) >= 11 is 5.75. The molecule has 0 atom stereocenters. The molecule has 2 rings (SSSR count). The number of nitrogens with zero attached hydrogens (tertiary/aromatic N) is 1. The van der Waals surface area contributed by atoms with Crippen LogP contribution in [0.2, 0.25) is 5.02 Å². The van der Waals surface area contributed by atoms with Crippen molar-refractivity contribution in [2.45, 2.75) is 31.2 Å². The molecule has 1 aromatic heterocycles. The van der Waals surface area contributed by atoms with Gasteiger partial charge in [-0.25, -0.2) is 13.1 Å². The van der Waals surface area contributed by atoms with Gasteiger partial charge in [-0.2, -0.15) is 0 Å². The zero-order valence-corrected chi connectivity index (χ0v) is 14.4. The molecule has 0 bridgehead atoms. The summed E-state index contributed by atoms with van der Waals surface area (Å²) in [5, 5.41) is 0.493. The molecule has 2 aromatic rings. The molecule has 0 spiro atoms. The molecule has 0 aliphatic carbocycles. The van der Waals surface area contributed by atoms with Crippen LogP contribution in [-0.2, 0) is 16.6 Å². The van der Waals surface area contributed by atoms with Crippen LogP contribution in [0.3, 0.4) is 0 Å². The zero-order valence-electron chi connectivity index (χ0n) is 12.8. The number of sulfonamides is 1. The molecule has 124 valence electrons. The Hall–Kier alpha value is -1.63. The molecule has 23 heavy (non-hydrogen) atoms. The largest absolute Gasteiger partial charge is 0.313 e. The number of unbranched alkanes of at least 4 members (excludes halogenated alkanes) is 1. The fraction of sp³-hybridized carbons (Fsp3) is 0.312. The summed E-state index contributed by atoms with van der Waals surface area (Å²) in [7, 11) is -3.52. The van der Waals surface area contributed by atoms with E-state index in [1.54, 1.807) is 22.8 Å². The number of nitrogens with one attached hydrogen (secondary N) is 1. The smallest absolute Gasteiger partial charge is 0.250 e. The Morgan fingerprint density at radius 3 is 2.43 bits per heavy atom. The van der Waals surface area contributed by atoms with Crippen molar-refractivity contribution in [1.82, 2.24) is 9.29 Å². The Bertz CT molecular complexity index is 814. The Balaban J connectivity index is 1.83. The van der Waals surface area contributed by atoms with E-state index in [-0.39, 0.29) is 10.5 Å². The van der Waals surface area contributed by atoms with Crippen LogP contribution >= 0.6 is 11.6 Å². The fourth-order valence-corrected chi connectivity index (χ4v) is 3.41. The van der Waals surface area contributed by atoms with Gasteiger partial charge in [0.1, 0.15) is 0 Å². The molecule has 1 N–H and O–H groups in total. The highest BCUT2D eigenvalue weighted by Gasteiger charge is 2.12. The molecule has 0 amide bonds. The molecule has 0 aliphatic heterocycles. The van der Waals surface area contributed by atoms with Gasteiger partial charge in [-0.3, -0.25) is 4.79 Å². The molecule has 7 heteroatoms. The van der Waals surface area contributed by atoms with Crippen molar-refractivity contribution in [3.63, 3.8) is 0 Å². The SMILES string of the molecule is Cc1cccc(=O)n1CCCCNS(=O)(=O)c1ccc(Cl)cc1. The molecule has 0 radical (unpaired) electrons. The summed E-state index contributed by atoms with van der Waals surface area (Å²) in [6.07, 6.45) is 1.36. The lowest BCUT2D eigenvalue weighted by atomic mass is 10.3. The minimum atomic E-state index is -3.52. The molecule has 0 aliphatic rings. The van der Waals surface area contributed by atoms with Crippen LogP contribution in [0.5, 0.6) is 0 Å². The van der Waals surface area contributed by atoms with Gasteiger partial charge >= 0.3 is 0 Å². The molecule has 1 heterocycles. The Morgan fingerprint density at radius 2 is 1.78 bits per heavy atom. The van der Waals surface area contributed by atoms with Crippen molar-refractivity contribution < 1.29 is 8.42 Å². The minimum absolute atomic E-state index is 0.0354. The van der Waals surface area contributed by atoms with Crippen molar-refractivity contribution in [1.29, 1.82) is 0 Å². The van der Waals surface area contributed by atoms with Crippen LogP contribution in [0.4, 0.5) is 0 Å². The topological polar surface area (TPSA) is 68.2 Å². The highest BCUT2D eigenvalue weighted by Crippen LogP contribution is 2.13. The molecule has 0 saturated heterocycles. The number of halogens is 1. The van der Waals surface area contributed by atoms with Crippen molar-refractivity contribution in [3.05, 3.63) is 63.5 Å². The van der Waals surface area contributed by atoms with Crippen LogP contribution in [-0.4, -0.2) is 19.5 Å². The average molecular weight is 355 g/mol. The molecule has 1 aromatic carbocycles. The molecule has 0 unspecified atom stereocenters. The molecular weight excluding hydrogens is 336 g/mol. The first-order valence-electron chi connectivity index (χ1n) is 7.32. The first kappa shape index (κ1) is 17.7. The molecular formula is C16H19ClN2O3S. The Labute approximate surface area is 141 Å². The van der Waals surface area contributed by atoms with E-state index in [0.717, 1.165) is 5.69 Å². The number of rotatable bonds is 7. The maximum Gasteiger partial charge on any atom is 0.250 e. The van der Waals surface area contributed by atoms with Crippen LogP contribution in [0.15, 0.2) is 52.2 Å². The maximum atomic E-state index is 12.1. The predicted molar refractivity (Wildman–Crippen MR) is 91.3 cm³/mol. The number of benzene rings is 1. The summed E-state index contributed by atoms with van der Waals surface area (Å²) in [5.41, 5.74) is 0.867.